The van der Waals surface area contributed by atoms with Crippen LogP contribution in [-0.2, 0) is 0 Å². The molecule has 2 heterocycles. The molecular weight excluding hydrogens is 323 g/mol. The van der Waals surface area contributed by atoms with E-state index in [4.69, 9.17) is 16.1 Å². The van der Waals surface area contributed by atoms with E-state index in [1.807, 2.05) is 0 Å². The highest BCUT2D eigenvalue weighted by Gasteiger charge is 2.27. The molecule has 2 amide bonds. The van der Waals surface area contributed by atoms with Crippen molar-refractivity contribution in [3.8, 4) is 0 Å². The van der Waals surface area contributed by atoms with Crippen molar-refractivity contribution in [3.63, 3.8) is 0 Å². The summed E-state index contributed by atoms with van der Waals surface area (Å²) in [6.07, 6.45) is 1.51. The molecular formula is C15H16ClFN4O2. The van der Waals surface area contributed by atoms with Gasteiger partial charge in [0.1, 0.15) is 5.82 Å². The molecule has 23 heavy (non-hydrogen) atoms. The molecule has 0 atom stereocenters. The minimum Gasteiger partial charge on any atom is -0.339 e. The number of carbonyl (C=O) groups excluding carboxylic acids is 1. The van der Waals surface area contributed by atoms with Crippen molar-refractivity contribution < 1.29 is 13.7 Å². The number of piperidine rings is 1. The molecule has 8 heteroatoms. The van der Waals surface area contributed by atoms with Crippen LogP contribution in [0, 0.1) is 12.7 Å². The minimum absolute atomic E-state index is 0.176. The van der Waals surface area contributed by atoms with Crippen LogP contribution in [0.2, 0.25) is 5.02 Å². The lowest BCUT2D eigenvalue weighted by Crippen LogP contribution is -2.40. The lowest BCUT2D eigenvalue weighted by Gasteiger charge is -2.30. The summed E-state index contributed by atoms with van der Waals surface area (Å²) in [5.41, 5.74) is 0.396. The van der Waals surface area contributed by atoms with Gasteiger partial charge in [0.05, 0.1) is 10.7 Å². The number of aromatic nitrogens is 2. The number of nitrogens with one attached hydrogen (secondary N) is 1. The van der Waals surface area contributed by atoms with E-state index in [1.165, 1.54) is 18.2 Å². The predicted octanol–water partition coefficient (Wildman–Crippen LogP) is 3.58. The lowest BCUT2D eigenvalue weighted by atomic mass is 9.97. The molecule has 3 rings (SSSR count). The molecule has 6 nitrogen and oxygen atoms in total. The predicted molar refractivity (Wildman–Crippen MR) is 83.0 cm³/mol. The fourth-order valence-corrected chi connectivity index (χ4v) is 2.81. The summed E-state index contributed by atoms with van der Waals surface area (Å²) in [6, 6.07) is 3.62. The van der Waals surface area contributed by atoms with E-state index in [1.54, 1.807) is 11.8 Å². The van der Waals surface area contributed by atoms with E-state index < -0.39 is 5.82 Å². The average Bonchev–Trinajstić information content (AvgIpc) is 2.97. The maximum absolute atomic E-state index is 13.0. The molecule has 0 spiro atoms. The van der Waals surface area contributed by atoms with Crippen molar-refractivity contribution in [2.24, 2.45) is 0 Å². The lowest BCUT2D eigenvalue weighted by molar-refractivity contribution is 0.187. The van der Waals surface area contributed by atoms with Crippen LogP contribution in [0.4, 0.5) is 14.9 Å². The zero-order chi connectivity index (χ0) is 16.4. The first-order chi connectivity index (χ1) is 11.0. The van der Waals surface area contributed by atoms with Gasteiger partial charge in [-0.2, -0.15) is 4.98 Å². The van der Waals surface area contributed by atoms with E-state index in [-0.39, 0.29) is 17.0 Å². The number of halogens is 2. The Hall–Kier alpha value is -2.15. The third kappa shape index (κ3) is 3.61. The van der Waals surface area contributed by atoms with Gasteiger partial charge in [0.2, 0.25) is 5.89 Å². The van der Waals surface area contributed by atoms with Crippen LogP contribution in [0.3, 0.4) is 0 Å². The summed E-state index contributed by atoms with van der Waals surface area (Å²) < 4.78 is 18.2. The number of nitrogens with zero attached hydrogens (tertiary/aromatic N) is 3. The molecule has 0 unspecified atom stereocenters. The Labute approximate surface area is 137 Å². The second-order valence-corrected chi connectivity index (χ2v) is 5.90. The first-order valence-electron chi connectivity index (χ1n) is 7.34. The van der Waals surface area contributed by atoms with E-state index in [2.05, 4.69) is 15.5 Å². The quantitative estimate of drug-likeness (QED) is 0.908. The van der Waals surface area contributed by atoms with Gasteiger partial charge in [0.25, 0.3) is 0 Å². The molecule has 0 saturated carbocycles. The third-order valence-corrected chi connectivity index (χ3v) is 4.16. The van der Waals surface area contributed by atoms with Gasteiger partial charge >= 0.3 is 6.03 Å². The third-order valence-electron chi connectivity index (χ3n) is 3.85. The Bertz CT molecular complexity index is 713. The van der Waals surface area contributed by atoms with Gasteiger partial charge in [0, 0.05) is 19.0 Å². The number of amides is 2. The van der Waals surface area contributed by atoms with Crippen molar-refractivity contribution in [1.29, 1.82) is 0 Å². The van der Waals surface area contributed by atoms with E-state index in [9.17, 15) is 9.18 Å². The fraction of sp³-hybridized carbons (Fsp3) is 0.400. The summed E-state index contributed by atoms with van der Waals surface area (Å²) in [6.45, 7) is 2.94. The highest BCUT2D eigenvalue weighted by molar-refractivity contribution is 6.33. The standard InChI is InChI=1S/C15H16ClFN4O2/c1-9-18-14(23-20-9)10-4-6-21(7-5-10)15(22)19-13-3-2-11(17)8-12(13)16/h2-3,8,10H,4-7H2,1H3,(H,19,22). The molecule has 1 aromatic carbocycles. The van der Waals surface area contributed by atoms with Crippen molar-refractivity contribution in [3.05, 3.63) is 40.8 Å². The van der Waals surface area contributed by atoms with Crippen molar-refractivity contribution >= 4 is 23.3 Å². The van der Waals surface area contributed by atoms with Gasteiger partial charge in [-0.25, -0.2) is 9.18 Å². The zero-order valence-corrected chi connectivity index (χ0v) is 13.3. The van der Waals surface area contributed by atoms with Gasteiger partial charge in [-0.3, -0.25) is 0 Å². The van der Waals surface area contributed by atoms with Crippen molar-refractivity contribution in [2.45, 2.75) is 25.7 Å². The maximum Gasteiger partial charge on any atom is 0.321 e. The number of hydrogen-bond donors (Lipinski definition) is 1. The summed E-state index contributed by atoms with van der Waals surface area (Å²) in [5, 5.41) is 6.67. The van der Waals surface area contributed by atoms with Crippen LogP contribution < -0.4 is 5.32 Å². The molecule has 0 radical (unpaired) electrons. The molecule has 1 aliphatic heterocycles. The molecule has 2 aromatic rings. The van der Waals surface area contributed by atoms with Crippen LogP contribution in [-0.4, -0.2) is 34.2 Å². The molecule has 1 fully saturated rings. The number of aryl methyl sites for hydroxylation is 1. The average molecular weight is 339 g/mol. The summed E-state index contributed by atoms with van der Waals surface area (Å²) in [5.74, 6) is 0.980. The van der Waals surface area contributed by atoms with Gasteiger partial charge in [-0.05, 0) is 38.0 Å². The normalized spacial score (nSPS) is 15.7. The van der Waals surface area contributed by atoms with Crippen LogP contribution >= 0.6 is 11.6 Å². The van der Waals surface area contributed by atoms with Gasteiger partial charge < -0.3 is 14.7 Å². The second-order valence-electron chi connectivity index (χ2n) is 5.50. The number of benzene rings is 1. The van der Waals surface area contributed by atoms with E-state index in [0.717, 1.165) is 12.8 Å². The Kier molecular flexibility index (Phi) is 4.47. The number of anilines is 1. The first kappa shape index (κ1) is 15.7. The fourth-order valence-electron chi connectivity index (χ4n) is 2.59. The number of carbonyl (C=O) groups is 1. The zero-order valence-electron chi connectivity index (χ0n) is 12.6. The van der Waals surface area contributed by atoms with Crippen LogP contribution in [0.25, 0.3) is 0 Å². The van der Waals surface area contributed by atoms with Crippen molar-refractivity contribution in [2.75, 3.05) is 18.4 Å². The van der Waals surface area contributed by atoms with Crippen LogP contribution in [0.15, 0.2) is 22.7 Å². The molecule has 0 aliphatic carbocycles. The highest BCUT2D eigenvalue weighted by atomic mass is 35.5. The van der Waals surface area contributed by atoms with Crippen LogP contribution in [0.5, 0.6) is 0 Å². The molecule has 122 valence electrons. The minimum atomic E-state index is -0.441. The van der Waals surface area contributed by atoms with Crippen molar-refractivity contribution in [1.82, 2.24) is 15.0 Å². The van der Waals surface area contributed by atoms with Gasteiger partial charge in [-0.1, -0.05) is 16.8 Å². The monoisotopic (exact) mass is 338 g/mol. The Morgan fingerprint density at radius 1 is 1.43 bits per heavy atom. The number of urea groups is 1. The smallest absolute Gasteiger partial charge is 0.321 e. The summed E-state index contributed by atoms with van der Waals surface area (Å²) >= 11 is 5.92. The Morgan fingerprint density at radius 3 is 2.78 bits per heavy atom. The SMILES string of the molecule is Cc1noc(C2CCN(C(=O)Nc3ccc(F)cc3Cl)CC2)n1. The largest absolute Gasteiger partial charge is 0.339 e. The van der Waals surface area contributed by atoms with Crippen LogP contribution in [0.1, 0.15) is 30.5 Å². The highest BCUT2D eigenvalue weighted by Crippen LogP contribution is 2.28. The first-order valence-corrected chi connectivity index (χ1v) is 7.72. The summed E-state index contributed by atoms with van der Waals surface area (Å²) in [7, 11) is 0. The van der Waals surface area contributed by atoms with Gasteiger partial charge in [0.15, 0.2) is 5.82 Å². The molecule has 1 saturated heterocycles. The Morgan fingerprint density at radius 2 is 2.17 bits per heavy atom. The second kappa shape index (κ2) is 6.54. The van der Waals surface area contributed by atoms with Gasteiger partial charge in [-0.15, -0.1) is 0 Å². The number of hydrogen-bond acceptors (Lipinski definition) is 4. The molecule has 0 bridgehead atoms. The number of likely N-dealkylation sites (tertiary alicyclic amines) is 1. The van der Waals surface area contributed by atoms with E-state index >= 15 is 0 Å². The molecule has 1 N–H and O–H groups in total. The van der Waals surface area contributed by atoms with E-state index in [0.29, 0.717) is 30.5 Å². The molecule has 1 aromatic heterocycles. The Balaban J connectivity index is 1.58. The summed E-state index contributed by atoms with van der Waals surface area (Å²) in [4.78, 5) is 18.2. The molecule has 1 aliphatic rings. The topological polar surface area (TPSA) is 71.3 Å². The number of rotatable bonds is 2. The maximum atomic E-state index is 13.0.